The minimum Gasteiger partial charge on any atom is -0.356 e. The van der Waals surface area contributed by atoms with Crippen LogP contribution in [0.3, 0.4) is 0 Å². The highest BCUT2D eigenvalue weighted by Crippen LogP contribution is 2.28. The fourth-order valence-corrected chi connectivity index (χ4v) is 3.95. The zero-order chi connectivity index (χ0) is 21.2. The highest BCUT2D eigenvalue weighted by atomic mass is 32.1. The van der Waals surface area contributed by atoms with Crippen LogP contribution < -0.4 is 15.5 Å². The summed E-state index contributed by atoms with van der Waals surface area (Å²) < 4.78 is 0. The van der Waals surface area contributed by atoms with E-state index in [0.29, 0.717) is 11.5 Å². The Labute approximate surface area is 179 Å². The first-order valence-corrected chi connectivity index (χ1v) is 10.6. The van der Waals surface area contributed by atoms with Gasteiger partial charge in [0.1, 0.15) is 0 Å². The fourth-order valence-electron chi connectivity index (χ4n) is 3.66. The topological polar surface area (TPSA) is 44.4 Å². The second-order valence-corrected chi connectivity index (χ2v) is 9.25. The number of amides is 1. The average molecular weight is 410 g/mol. The van der Waals surface area contributed by atoms with Crippen LogP contribution in [-0.4, -0.2) is 17.6 Å². The van der Waals surface area contributed by atoms with Gasteiger partial charge in [-0.05, 0) is 72.8 Å². The van der Waals surface area contributed by atoms with Crippen LogP contribution in [0.4, 0.5) is 11.4 Å². The largest absolute Gasteiger partial charge is 0.356 e. The second kappa shape index (κ2) is 8.54. The predicted octanol–water partition coefficient (Wildman–Crippen LogP) is 5.47. The quantitative estimate of drug-likeness (QED) is 0.658. The molecule has 29 heavy (non-hydrogen) atoms. The number of hydrogen-bond donors (Lipinski definition) is 2. The lowest BCUT2D eigenvalue weighted by atomic mass is 9.86. The lowest BCUT2D eigenvalue weighted by Gasteiger charge is -2.22. The molecule has 0 bridgehead atoms. The Kier molecular flexibility index (Phi) is 6.27. The molecule has 0 aliphatic carbocycles. The maximum atomic E-state index is 12.0. The molecule has 0 radical (unpaired) electrons. The number of carbonyl (C=O) groups is 1. The van der Waals surface area contributed by atoms with Crippen molar-refractivity contribution >= 4 is 34.6 Å². The van der Waals surface area contributed by atoms with E-state index in [4.69, 9.17) is 12.2 Å². The molecule has 1 amide bonds. The maximum Gasteiger partial charge on any atom is 0.227 e. The van der Waals surface area contributed by atoms with Gasteiger partial charge in [-0.15, -0.1) is 0 Å². The molecular formula is C24H31N3OS. The number of anilines is 2. The third-order valence-corrected chi connectivity index (χ3v) is 5.66. The molecule has 0 unspecified atom stereocenters. The molecule has 2 aromatic rings. The van der Waals surface area contributed by atoms with Crippen molar-refractivity contribution in [1.82, 2.24) is 5.32 Å². The molecule has 0 spiro atoms. The molecule has 4 nitrogen and oxygen atoms in total. The van der Waals surface area contributed by atoms with Crippen molar-refractivity contribution in [2.75, 3.05) is 16.8 Å². The molecule has 1 heterocycles. The Hall–Kier alpha value is -2.40. The first-order chi connectivity index (χ1) is 13.6. The molecule has 2 N–H and O–H groups in total. The summed E-state index contributed by atoms with van der Waals surface area (Å²) in [6.07, 6.45) is 1.57. The number of aryl methyl sites for hydroxylation is 1. The first-order valence-electron chi connectivity index (χ1n) is 10.2. The first kappa shape index (κ1) is 21.3. The summed E-state index contributed by atoms with van der Waals surface area (Å²) in [5.41, 5.74) is 5.65. The zero-order valence-electron chi connectivity index (χ0n) is 18.0. The molecule has 1 saturated heterocycles. The van der Waals surface area contributed by atoms with Crippen molar-refractivity contribution in [3.8, 4) is 0 Å². The number of hydrogen-bond acceptors (Lipinski definition) is 2. The number of benzene rings is 2. The Balaban J connectivity index is 1.61. The molecule has 154 valence electrons. The SMILES string of the molecule is Cc1cc(NC(=S)N[C@@H](C)c2ccc(C(C)(C)C)cc2)ccc1N1CCCC1=O. The van der Waals surface area contributed by atoms with E-state index in [1.54, 1.807) is 0 Å². The summed E-state index contributed by atoms with van der Waals surface area (Å²) in [7, 11) is 0. The van der Waals surface area contributed by atoms with Gasteiger partial charge in [-0.1, -0.05) is 45.0 Å². The van der Waals surface area contributed by atoms with E-state index in [1.165, 1.54) is 11.1 Å². The Bertz CT molecular complexity index is 899. The smallest absolute Gasteiger partial charge is 0.227 e. The number of thiocarbonyl (C=S) groups is 1. The monoisotopic (exact) mass is 409 g/mol. The van der Waals surface area contributed by atoms with E-state index in [0.717, 1.165) is 29.9 Å². The van der Waals surface area contributed by atoms with Crippen molar-refractivity contribution in [2.24, 2.45) is 0 Å². The van der Waals surface area contributed by atoms with Crippen molar-refractivity contribution in [1.29, 1.82) is 0 Å². The number of nitrogens with one attached hydrogen (secondary N) is 2. The van der Waals surface area contributed by atoms with Gasteiger partial charge in [0.2, 0.25) is 5.91 Å². The van der Waals surface area contributed by atoms with Gasteiger partial charge in [0.05, 0.1) is 6.04 Å². The van der Waals surface area contributed by atoms with Crippen LogP contribution >= 0.6 is 12.2 Å². The van der Waals surface area contributed by atoms with Crippen molar-refractivity contribution in [3.05, 3.63) is 59.2 Å². The van der Waals surface area contributed by atoms with Gasteiger partial charge < -0.3 is 15.5 Å². The number of carbonyl (C=O) groups excluding carboxylic acids is 1. The summed E-state index contributed by atoms with van der Waals surface area (Å²) >= 11 is 5.51. The molecule has 3 rings (SSSR count). The second-order valence-electron chi connectivity index (χ2n) is 8.84. The maximum absolute atomic E-state index is 12.0. The molecule has 1 aliphatic rings. The van der Waals surface area contributed by atoms with Gasteiger partial charge in [0, 0.05) is 24.3 Å². The molecule has 1 fully saturated rings. The van der Waals surface area contributed by atoms with E-state index >= 15 is 0 Å². The minimum atomic E-state index is 0.103. The molecule has 1 aliphatic heterocycles. The standard InChI is InChI=1S/C24H31N3OS/c1-16-15-20(12-13-21(16)27-14-6-7-22(27)28)26-23(29)25-17(2)18-8-10-19(11-9-18)24(3,4)5/h8-13,15,17H,6-7,14H2,1-5H3,(H2,25,26,29)/t17-/m0/s1. The molecular weight excluding hydrogens is 378 g/mol. The molecule has 1 atom stereocenters. The Morgan fingerprint density at radius 3 is 2.38 bits per heavy atom. The van der Waals surface area contributed by atoms with Crippen molar-refractivity contribution in [2.45, 2.75) is 58.9 Å². The van der Waals surface area contributed by atoms with Gasteiger partial charge in [-0.2, -0.15) is 0 Å². The third-order valence-electron chi connectivity index (χ3n) is 5.44. The fraction of sp³-hybridized carbons (Fsp3) is 0.417. The Morgan fingerprint density at radius 1 is 1.14 bits per heavy atom. The van der Waals surface area contributed by atoms with Gasteiger partial charge in [0.15, 0.2) is 5.11 Å². The van der Waals surface area contributed by atoms with E-state index in [1.807, 2.05) is 30.0 Å². The van der Waals surface area contributed by atoms with Crippen LogP contribution in [0.1, 0.15) is 63.3 Å². The van der Waals surface area contributed by atoms with Crippen molar-refractivity contribution in [3.63, 3.8) is 0 Å². The van der Waals surface area contributed by atoms with Crippen LogP contribution in [0.5, 0.6) is 0 Å². The van der Waals surface area contributed by atoms with Gasteiger partial charge in [0.25, 0.3) is 0 Å². The normalized spacial score (nSPS) is 15.3. The highest BCUT2D eigenvalue weighted by molar-refractivity contribution is 7.80. The van der Waals surface area contributed by atoms with Crippen LogP contribution in [0.25, 0.3) is 0 Å². The predicted molar refractivity (Wildman–Crippen MR) is 126 cm³/mol. The summed E-state index contributed by atoms with van der Waals surface area (Å²) in [6.45, 7) is 11.6. The average Bonchev–Trinajstić information content (AvgIpc) is 3.07. The molecule has 2 aromatic carbocycles. The number of nitrogens with zero attached hydrogens (tertiary/aromatic N) is 1. The summed E-state index contributed by atoms with van der Waals surface area (Å²) in [6, 6.07) is 14.8. The van der Waals surface area contributed by atoms with Crippen LogP contribution in [0, 0.1) is 6.92 Å². The molecule has 0 aromatic heterocycles. The molecule has 5 heteroatoms. The van der Waals surface area contributed by atoms with Crippen LogP contribution in [0.15, 0.2) is 42.5 Å². The number of rotatable bonds is 4. The summed E-state index contributed by atoms with van der Waals surface area (Å²) in [5.74, 6) is 0.206. The van der Waals surface area contributed by atoms with Crippen LogP contribution in [-0.2, 0) is 10.2 Å². The van der Waals surface area contributed by atoms with Gasteiger partial charge in [-0.25, -0.2) is 0 Å². The van der Waals surface area contributed by atoms with E-state index < -0.39 is 0 Å². The third kappa shape index (κ3) is 5.15. The zero-order valence-corrected chi connectivity index (χ0v) is 18.8. The lowest BCUT2D eigenvalue weighted by molar-refractivity contribution is -0.117. The van der Waals surface area contributed by atoms with E-state index in [9.17, 15) is 4.79 Å². The van der Waals surface area contributed by atoms with Gasteiger partial charge >= 0.3 is 0 Å². The van der Waals surface area contributed by atoms with E-state index in [2.05, 4.69) is 62.6 Å². The Morgan fingerprint density at radius 2 is 1.83 bits per heavy atom. The summed E-state index contributed by atoms with van der Waals surface area (Å²) in [4.78, 5) is 13.9. The van der Waals surface area contributed by atoms with E-state index in [-0.39, 0.29) is 17.4 Å². The van der Waals surface area contributed by atoms with Gasteiger partial charge in [-0.3, -0.25) is 4.79 Å². The minimum absolute atomic E-state index is 0.103. The lowest BCUT2D eigenvalue weighted by Crippen LogP contribution is -2.31. The molecule has 0 saturated carbocycles. The summed E-state index contributed by atoms with van der Waals surface area (Å²) in [5, 5.41) is 7.20. The van der Waals surface area contributed by atoms with Crippen molar-refractivity contribution < 1.29 is 4.79 Å². The van der Waals surface area contributed by atoms with Crippen LogP contribution in [0.2, 0.25) is 0 Å². The highest BCUT2D eigenvalue weighted by Gasteiger charge is 2.23.